The zero-order valence-corrected chi connectivity index (χ0v) is 15.1. The molecule has 1 saturated carbocycles. The molecule has 2 aliphatic heterocycles. The van der Waals surface area contributed by atoms with Crippen LogP contribution in [0.2, 0.25) is 0 Å². The molecule has 3 atom stereocenters. The summed E-state index contributed by atoms with van der Waals surface area (Å²) in [5.41, 5.74) is 0. The van der Waals surface area contributed by atoms with Crippen LogP contribution in [0.5, 0.6) is 0 Å². The second-order valence-electron chi connectivity index (χ2n) is 7.39. The van der Waals surface area contributed by atoms with Gasteiger partial charge in [0.15, 0.2) is 5.82 Å². The highest BCUT2D eigenvalue weighted by molar-refractivity contribution is 5.85. The monoisotopic (exact) mass is 354 g/mol. The van der Waals surface area contributed by atoms with E-state index in [-0.39, 0.29) is 18.4 Å². The maximum atomic E-state index is 12.8. The summed E-state index contributed by atoms with van der Waals surface area (Å²) in [6.45, 7) is 3.45. The van der Waals surface area contributed by atoms with Crippen molar-refractivity contribution >= 4 is 18.3 Å². The van der Waals surface area contributed by atoms with E-state index >= 15 is 0 Å². The summed E-state index contributed by atoms with van der Waals surface area (Å²) in [6, 6.07) is 0.627. The van der Waals surface area contributed by atoms with E-state index in [0.29, 0.717) is 23.7 Å². The summed E-state index contributed by atoms with van der Waals surface area (Å²) in [4.78, 5) is 19.2. The summed E-state index contributed by atoms with van der Waals surface area (Å²) >= 11 is 0. The second-order valence-corrected chi connectivity index (χ2v) is 7.39. The summed E-state index contributed by atoms with van der Waals surface area (Å²) in [6.07, 6.45) is 8.06. The number of aryl methyl sites for hydroxylation is 1. The maximum absolute atomic E-state index is 12.8. The predicted molar refractivity (Wildman–Crippen MR) is 92.1 cm³/mol. The number of rotatable bonds is 2. The van der Waals surface area contributed by atoms with Crippen molar-refractivity contribution in [2.24, 2.45) is 5.92 Å². The largest absolute Gasteiger partial charge is 0.341 e. The van der Waals surface area contributed by atoms with Gasteiger partial charge >= 0.3 is 0 Å². The lowest BCUT2D eigenvalue weighted by molar-refractivity contribution is -0.134. The van der Waals surface area contributed by atoms with Gasteiger partial charge in [-0.15, -0.1) is 12.4 Å². The summed E-state index contributed by atoms with van der Waals surface area (Å²) in [5, 5.41) is 7.48. The predicted octanol–water partition coefficient (Wildman–Crippen LogP) is 2.43. The zero-order chi connectivity index (χ0) is 15.8. The highest BCUT2D eigenvalue weighted by Crippen LogP contribution is 2.34. The third kappa shape index (κ3) is 3.45. The van der Waals surface area contributed by atoms with Gasteiger partial charge in [0.2, 0.25) is 11.8 Å². The van der Waals surface area contributed by atoms with Crippen LogP contribution in [0.4, 0.5) is 0 Å². The van der Waals surface area contributed by atoms with Gasteiger partial charge in [-0.3, -0.25) is 4.79 Å². The van der Waals surface area contributed by atoms with Crippen LogP contribution < -0.4 is 5.32 Å². The highest BCUT2D eigenvalue weighted by atomic mass is 35.5. The van der Waals surface area contributed by atoms with Crippen molar-refractivity contribution in [3.8, 4) is 0 Å². The number of carbonyl (C=O) groups excluding carboxylic acids is 1. The Morgan fingerprint density at radius 2 is 1.96 bits per heavy atom. The summed E-state index contributed by atoms with van der Waals surface area (Å²) in [7, 11) is 0. The number of hydrogen-bond donors (Lipinski definition) is 1. The van der Waals surface area contributed by atoms with Crippen molar-refractivity contribution in [2.45, 2.75) is 69.9 Å². The molecule has 2 saturated heterocycles. The van der Waals surface area contributed by atoms with E-state index in [2.05, 4.69) is 15.5 Å². The Balaban J connectivity index is 0.00000169. The van der Waals surface area contributed by atoms with Gasteiger partial charge in [-0.05, 0) is 44.9 Å². The molecule has 0 radical (unpaired) electrons. The van der Waals surface area contributed by atoms with E-state index in [0.717, 1.165) is 44.2 Å². The quantitative estimate of drug-likeness (QED) is 0.883. The van der Waals surface area contributed by atoms with E-state index in [9.17, 15) is 4.79 Å². The number of amides is 1. The molecule has 3 aliphatic rings. The number of aromatic nitrogens is 2. The zero-order valence-electron chi connectivity index (χ0n) is 14.2. The first-order chi connectivity index (χ1) is 11.2. The fourth-order valence-electron chi connectivity index (χ4n) is 4.56. The first-order valence-corrected chi connectivity index (χ1v) is 9.06. The lowest BCUT2D eigenvalue weighted by Gasteiger charge is -2.32. The van der Waals surface area contributed by atoms with Gasteiger partial charge in [-0.25, -0.2) is 0 Å². The normalized spacial score (nSPS) is 30.7. The lowest BCUT2D eigenvalue weighted by Crippen LogP contribution is -2.48. The third-order valence-electron chi connectivity index (χ3n) is 5.86. The molecule has 6 nitrogen and oxygen atoms in total. The molecule has 0 spiro atoms. The number of piperidine rings is 1. The molecule has 1 aromatic rings. The van der Waals surface area contributed by atoms with E-state index < -0.39 is 0 Å². The molecular weight excluding hydrogens is 328 g/mol. The van der Waals surface area contributed by atoms with Gasteiger partial charge in [0.1, 0.15) is 0 Å². The van der Waals surface area contributed by atoms with E-state index in [1.54, 1.807) is 0 Å². The molecule has 1 aromatic heterocycles. The van der Waals surface area contributed by atoms with Crippen molar-refractivity contribution in [1.29, 1.82) is 0 Å². The van der Waals surface area contributed by atoms with Crippen molar-refractivity contribution in [1.82, 2.24) is 20.4 Å². The molecule has 1 aliphatic carbocycles. The van der Waals surface area contributed by atoms with Crippen molar-refractivity contribution in [3.63, 3.8) is 0 Å². The molecular formula is C17H27ClN4O2. The van der Waals surface area contributed by atoms with Crippen molar-refractivity contribution < 1.29 is 9.32 Å². The van der Waals surface area contributed by atoms with Gasteiger partial charge in [0.05, 0.1) is 6.04 Å². The Morgan fingerprint density at radius 1 is 1.21 bits per heavy atom. The second kappa shape index (κ2) is 7.40. The molecule has 7 heteroatoms. The Kier molecular flexibility index (Phi) is 5.45. The van der Waals surface area contributed by atoms with Crippen LogP contribution in [0.1, 0.15) is 62.6 Å². The average molecular weight is 355 g/mol. The SMILES string of the molecule is Cc1noc(C2CCN(C(=O)C3CC4CCCCC4N3)CC2)n1.Cl. The number of halogens is 1. The molecule has 3 fully saturated rings. The van der Waals surface area contributed by atoms with Gasteiger partial charge in [-0.2, -0.15) is 4.98 Å². The van der Waals surface area contributed by atoms with E-state index in [4.69, 9.17) is 4.52 Å². The number of nitrogens with one attached hydrogen (secondary N) is 1. The van der Waals surface area contributed by atoms with Crippen LogP contribution in [0.15, 0.2) is 4.52 Å². The fraction of sp³-hybridized carbons (Fsp3) is 0.824. The Morgan fingerprint density at radius 3 is 2.62 bits per heavy atom. The number of hydrogen-bond acceptors (Lipinski definition) is 5. The van der Waals surface area contributed by atoms with Gasteiger partial charge in [-0.1, -0.05) is 18.0 Å². The van der Waals surface area contributed by atoms with Gasteiger partial charge in [0, 0.05) is 25.0 Å². The minimum absolute atomic E-state index is 0. The molecule has 134 valence electrons. The van der Waals surface area contributed by atoms with Gasteiger partial charge < -0.3 is 14.7 Å². The number of nitrogens with zero attached hydrogens (tertiary/aromatic N) is 3. The minimum Gasteiger partial charge on any atom is -0.341 e. The van der Waals surface area contributed by atoms with Crippen LogP contribution in [-0.4, -0.2) is 46.1 Å². The Hall–Kier alpha value is -1.14. The molecule has 1 N–H and O–H groups in total. The molecule has 3 unspecified atom stereocenters. The number of carbonyl (C=O) groups is 1. The van der Waals surface area contributed by atoms with E-state index in [1.807, 2.05) is 11.8 Å². The van der Waals surface area contributed by atoms with Crippen LogP contribution >= 0.6 is 12.4 Å². The molecule has 24 heavy (non-hydrogen) atoms. The molecule has 0 bridgehead atoms. The highest BCUT2D eigenvalue weighted by Gasteiger charge is 2.40. The summed E-state index contributed by atoms with van der Waals surface area (Å²) in [5.74, 6) is 2.76. The number of likely N-dealkylation sites (tertiary alicyclic amines) is 1. The first-order valence-electron chi connectivity index (χ1n) is 9.06. The Labute approximate surface area is 149 Å². The third-order valence-corrected chi connectivity index (χ3v) is 5.86. The first kappa shape index (κ1) is 17.7. The van der Waals surface area contributed by atoms with Crippen LogP contribution in [-0.2, 0) is 4.79 Å². The van der Waals surface area contributed by atoms with Crippen molar-refractivity contribution in [2.75, 3.05) is 13.1 Å². The lowest BCUT2D eigenvalue weighted by atomic mass is 9.85. The van der Waals surface area contributed by atoms with E-state index in [1.165, 1.54) is 25.7 Å². The molecule has 3 heterocycles. The molecule has 4 rings (SSSR count). The fourth-order valence-corrected chi connectivity index (χ4v) is 4.56. The Bertz CT molecular complexity index is 557. The topological polar surface area (TPSA) is 71.3 Å². The van der Waals surface area contributed by atoms with Crippen LogP contribution in [0.3, 0.4) is 0 Å². The molecule has 1 amide bonds. The standard InChI is InChI=1S/C17H26N4O2.ClH/c1-11-18-16(23-20-11)12-6-8-21(9-7-12)17(22)15-10-13-4-2-3-5-14(13)19-15;/h12-15,19H,2-10H2,1H3;1H. The van der Waals surface area contributed by atoms with Crippen LogP contribution in [0, 0.1) is 12.8 Å². The van der Waals surface area contributed by atoms with Crippen LogP contribution in [0.25, 0.3) is 0 Å². The maximum Gasteiger partial charge on any atom is 0.239 e. The summed E-state index contributed by atoms with van der Waals surface area (Å²) < 4.78 is 5.29. The average Bonchev–Trinajstić information content (AvgIpc) is 3.20. The van der Waals surface area contributed by atoms with Crippen molar-refractivity contribution in [3.05, 3.63) is 11.7 Å². The number of fused-ring (bicyclic) bond motifs is 1. The molecule has 0 aromatic carbocycles. The smallest absolute Gasteiger partial charge is 0.239 e. The minimum atomic E-state index is 0. The van der Waals surface area contributed by atoms with Gasteiger partial charge in [0.25, 0.3) is 0 Å².